The molecule has 1 aromatic carbocycles. The van der Waals surface area contributed by atoms with Gasteiger partial charge in [-0.2, -0.15) is 0 Å². The fourth-order valence-corrected chi connectivity index (χ4v) is 2.07. The Morgan fingerprint density at radius 2 is 2.00 bits per heavy atom. The van der Waals surface area contributed by atoms with Crippen molar-refractivity contribution in [1.29, 1.82) is 0 Å². The van der Waals surface area contributed by atoms with Gasteiger partial charge in [-0.3, -0.25) is 0 Å². The van der Waals surface area contributed by atoms with Crippen molar-refractivity contribution in [3.63, 3.8) is 0 Å². The molecule has 1 heterocycles. The number of aromatic nitrogens is 2. The molecule has 2 aromatic rings. The van der Waals surface area contributed by atoms with E-state index in [0.29, 0.717) is 5.82 Å². The van der Waals surface area contributed by atoms with Crippen LogP contribution < -0.4 is 5.32 Å². The van der Waals surface area contributed by atoms with Crippen LogP contribution in [-0.2, 0) is 0 Å². The Morgan fingerprint density at radius 3 is 2.71 bits per heavy atom. The van der Waals surface area contributed by atoms with Crippen molar-refractivity contribution < 1.29 is 0 Å². The molecular formula is C12H11BrClN3. The summed E-state index contributed by atoms with van der Waals surface area (Å²) in [6.45, 7) is 3.91. The van der Waals surface area contributed by atoms with Crippen molar-refractivity contribution in [2.24, 2.45) is 0 Å². The number of anilines is 2. The van der Waals surface area contributed by atoms with Crippen LogP contribution in [0.4, 0.5) is 11.5 Å². The molecule has 88 valence electrons. The molecule has 0 aliphatic carbocycles. The summed E-state index contributed by atoms with van der Waals surface area (Å²) in [5.74, 6) is 0.698. The van der Waals surface area contributed by atoms with Gasteiger partial charge < -0.3 is 5.32 Å². The lowest BCUT2D eigenvalue weighted by atomic mass is 10.2. The second-order valence-electron chi connectivity index (χ2n) is 3.70. The molecule has 1 aromatic heterocycles. The third-order valence-electron chi connectivity index (χ3n) is 2.36. The summed E-state index contributed by atoms with van der Waals surface area (Å²) in [5, 5.41) is 3.48. The fourth-order valence-electron chi connectivity index (χ4n) is 1.48. The van der Waals surface area contributed by atoms with Crippen molar-refractivity contribution in [3.8, 4) is 0 Å². The van der Waals surface area contributed by atoms with Crippen LogP contribution in [0.5, 0.6) is 0 Å². The second kappa shape index (κ2) is 5.02. The molecule has 0 saturated heterocycles. The first-order valence-corrected chi connectivity index (χ1v) is 6.26. The topological polar surface area (TPSA) is 37.8 Å². The van der Waals surface area contributed by atoms with Gasteiger partial charge in [0.2, 0.25) is 5.28 Å². The van der Waals surface area contributed by atoms with Gasteiger partial charge >= 0.3 is 0 Å². The average molecular weight is 313 g/mol. The summed E-state index contributed by atoms with van der Waals surface area (Å²) in [6, 6.07) is 7.81. The third-order valence-corrected chi connectivity index (χ3v) is 3.39. The first-order chi connectivity index (χ1) is 8.06. The number of benzene rings is 1. The number of rotatable bonds is 2. The Bertz CT molecular complexity index is 537. The lowest BCUT2D eigenvalue weighted by molar-refractivity contribution is 1.10. The maximum Gasteiger partial charge on any atom is 0.224 e. The van der Waals surface area contributed by atoms with Crippen LogP contribution in [0, 0.1) is 13.8 Å². The van der Waals surface area contributed by atoms with Gasteiger partial charge in [0.15, 0.2) is 0 Å². The number of hydrogen-bond acceptors (Lipinski definition) is 3. The van der Waals surface area contributed by atoms with Gasteiger partial charge in [0, 0.05) is 21.9 Å². The summed E-state index contributed by atoms with van der Waals surface area (Å²) < 4.78 is 1.05. The molecule has 0 saturated carbocycles. The Labute approximate surface area is 113 Å². The Morgan fingerprint density at radius 1 is 1.24 bits per heavy atom. The minimum atomic E-state index is 0.250. The monoisotopic (exact) mass is 311 g/mol. The zero-order chi connectivity index (χ0) is 12.4. The maximum absolute atomic E-state index is 5.82. The largest absolute Gasteiger partial charge is 0.340 e. The van der Waals surface area contributed by atoms with Gasteiger partial charge in [0.05, 0.1) is 0 Å². The SMILES string of the molecule is Cc1cc(Nc2cccc(Br)c2C)nc(Cl)n1. The molecule has 0 radical (unpaired) electrons. The van der Waals surface area contributed by atoms with E-state index in [0.717, 1.165) is 21.4 Å². The Balaban J connectivity index is 2.34. The van der Waals surface area contributed by atoms with Crippen molar-refractivity contribution >= 4 is 39.0 Å². The second-order valence-corrected chi connectivity index (χ2v) is 4.89. The Kier molecular flexibility index (Phi) is 3.64. The van der Waals surface area contributed by atoms with Crippen LogP contribution in [0.2, 0.25) is 5.28 Å². The number of nitrogens with one attached hydrogen (secondary N) is 1. The lowest BCUT2D eigenvalue weighted by Crippen LogP contribution is -1.98. The standard InChI is InChI=1S/C12H11BrClN3/c1-7-6-11(17-12(14)15-7)16-10-5-3-4-9(13)8(10)2/h3-6H,1-2H3,(H,15,16,17). The number of hydrogen-bond donors (Lipinski definition) is 1. The molecule has 0 unspecified atom stereocenters. The van der Waals surface area contributed by atoms with E-state index >= 15 is 0 Å². The maximum atomic E-state index is 5.82. The van der Waals surface area contributed by atoms with Crippen LogP contribution in [-0.4, -0.2) is 9.97 Å². The van der Waals surface area contributed by atoms with Crippen LogP contribution >= 0.6 is 27.5 Å². The molecule has 0 atom stereocenters. The third kappa shape index (κ3) is 2.96. The van der Waals surface area contributed by atoms with Crippen molar-refractivity contribution in [1.82, 2.24) is 9.97 Å². The highest BCUT2D eigenvalue weighted by atomic mass is 79.9. The zero-order valence-corrected chi connectivity index (χ0v) is 11.8. The molecule has 0 aliphatic heterocycles. The van der Waals surface area contributed by atoms with Crippen LogP contribution in [0.1, 0.15) is 11.3 Å². The molecule has 0 aliphatic rings. The lowest BCUT2D eigenvalue weighted by Gasteiger charge is -2.10. The first-order valence-electron chi connectivity index (χ1n) is 5.09. The minimum absolute atomic E-state index is 0.250. The smallest absolute Gasteiger partial charge is 0.224 e. The highest BCUT2D eigenvalue weighted by Crippen LogP contribution is 2.26. The molecular weight excluding hydrogens is 302 g/mol. The normalized spacial score (nSPS) is 10.4. The van der Waals surface area contributed by atoms with E-state index in [1.165, 1.54) is 0 Å². The van der Waals surface area contributed by atoms with E-state index in [9.17, 15) is 0 Å². The molecule has 0 amide bonds. The van der Waals surface area contributed by atoms with E-state index in [2.05, 4.69) is 31.2 Å². The van der Waals surface area contributed by atoms with E-state index in [4.69, 9.17) is 11.6 Å². The summed E-state index contributed by atoms with van der Waals surface area (Å²) >= 11 is 9.31. The van der Waals surface area contributed by atoms with Crippen molar-refractivity contribution in [2.75, 3.05) is 5.32 Å². The predicted octanol–water partition coefficient (Wildman–Crippen LogP) is 4.25. The van der Waals surface area contributed by atoms with Gasteiger partial charge in [0.1, 0.15) is 5.82 Å². The van der Waals surface area contributed by atoms with Gasteiger partial charge in [-0.15, -0.1) is 0 Å². The predicted molar refractivity (Wildman–Crippen MR) is 73.9 cm³/mol. The molecule has 0 fully saturated rings. The summed E-state index contributed by atoms with van der Waals surface area (Å²) in [6.07, 6.45) is 0. The van der Waals surface area contributed by atoms with Gasteiger partial charge in [-0.1, -0.05) is 22.0 Å². The molecule has 3 nitrogen and oxygen atoms in total. The van der Waals surface area contributed by atoms with E-state index in [1.54, 1.807) is 0 Å². The average Bonchev–Trinajstić information content (AvgIpc) is 2.23. The molecule has 0 bridgehead atoms. The van der Waals surface area contributed by atoms with Crippen molar-refractivity contribution in [2.45, 2.75) is 13.8 Å². The molecule has 1 N–H and O–H groups in total. The fraction of sp³-hybridized carbons (Fsp3) is 0.167. The zero-order valence-electron chi connectivity index (χ0n) is 9.46. The summed E-state index contributed by atoms with van der Waals surface area (Å²) in [4.78, 5) is 8.15. The minimum Gasteiger partial charge on any atom is -0.340 e. The molecule has 5 heteroatoms. The van der Waals surface area contributed by atoms with Crippen LogP contribution in [0.3, 0.4) is 0 Å². The quantitative estimate of drug-likeness (QED) is 0.842. The van der Waals surface area contributed by atoms with E-state index in [1.807, 2.05) is 38.1 Å². The molecule has 2 rings (SSSR count). The van der Waals surface area contributed by atoms with E-state index in [-0.39, 0.29) is 5.28 Å². The number of aryl methyl sites for hydroxylation is 1. The Hall–Kier alpha value is -1.13. The summed E-state index contributed by atoms with van der Waals surface area (Å²) in [7, 11) is 0. The molecule has 0 spiro atoms. The van der Waals surface area contributed by atoms with Crippen LogP contribution in [0.15, 0.2) is 28.7 Å². The highest BCUT2D eigenvalue weighted by molar-refractivity contribution is 9.10. The summed E-state index contributed by atoms with van der Waals surface area (Å²) in [5.41, 5.74) is 2.95. The highest BCUT2D eigenvalue weighted by Gasteiger charge is 2.04. The number of halogens is 2. The van der Waals surface area contributed by atoms with Crippen LogP contribution in [0.25, 0.3) is 0 Å². The number of nitrogens with zero attached hydrogens (tertiary/aromatic N) is 2. The molecule has 17 heavy (non-hydrogen) atoms. The first kappa shape index (κ1) is 12.3. The van der Waals surface area contributed by atoms with Gasteiger partial charge in [-0.05, 0) is 43.1 Å². The van der Waals surface area contributed by atoms with Gasteiger partial charge in [0.25, 0.3) is 0 Å². The van der Waals surface area contributed by atoms with E-state index < -0.39 is 0 Å². The van der Waals surface area contributed by atoms with Crippen molar-refractivity contribution in [3.05, 3.63) is 45.3 Å². The van der Waals surface area contributed by atoms with Gasteiger partial charge in [-0.25, -0.2) is 9.97 Å².